The predicted octanol–water partition coefficient (Wildman–Crippen LogP) is 1.34. The number of nitrogens with one attached hydrogen (secondary N) is 1. The summed E-state index contributed by atoms with van der Waals surface area (Å²) in [4.78, 5) is 24.8. The van der Waals surface area contributed by atoms with Gasteiger partial charge in [0.25, 0.3) is 0 Å². The quantitative estimate of drug-likeness (QED) is 0.738. The Labute approximate surface area is 104 Å². The van der Waals surface area contributed by atoms with Crippen molar-refractivity contribution in [2.75, 3.05) is 13.1 Å². The van der Waals surface area contributed by atoms with E-state index in [4.69, 9.17) is 0 Å². The van der Waals surface area contributed by atoms with Gasteiger partial charge in [-0.25, -0.2) is 0 Å². The van der Waals surface area contributed by atoms with Crippen LogP contribution in [-0.4, -0.2) is 41.8 Å². The third-order valence-corrected chi connectivity index (χ3v) is 3.53. The Morgan fingerprint density at radius 1 is 1.47 bits per heavy atom. The topological polar surface area (TPSA) is 49.4 Å². The molecule has 4 nitrogen and oxygen atoms in total. The van der Waals surface area contributed by atoms with E-state index in [1.807, 2.05) is 18.7 Å². The number of carbonyl (C=O) groups excluding carboxylic acids is 2. The zero-order valence-electron chi connectivity index (χ0n) is 11.2. The van der Waals surface area contributed by atoms with Crippen LogP contribution in [0.25, 0.3) is 0 Å². The zero-order chi connectivity index (χ0) is 12.9. The van der Waals surface area contributed by atoms with Crippen LogP contribution in [0, 0.1) is 0 Å². The fourth-order valence-corrected chi connectivity index (χ4v) is 2.06. The first-order valence-electron chi connectivity index (χ1n) is 6.49. The number of piperidine rings is 1. The molecule has 1 heterocycles. The van der Waals surface area contributed by atoms with E-state index < -0.39 is 0 Å². The fraction of sp³-hybridized carbons (Fsp3) is 0.846. The van der Waals surface area contributed by atoms with Gasteiger partial charge in [-0.3, -0.25) is 9.69 Å². The predicted molar refractivity (Wildman–Crippen MR) is 67.8 cm³/mol. The molecule has 0 radical (unpaired) electrons. The monoisotopic (exact) mass is 240 g/mol. The highest BCUT2D eigenvalue weighted by atomic mass is 16.2. The van der Waals surface area contributed by atoms with E-state index in [0.717, 1.165) is 38.5 Å². The van der Waals surface area contributed by atoms with Crippen LogP contribution in [-0.2, 0) is 9.59 Å². The Kier molecular flexibility index (Phi) is 5.12. The highest BCUT2D eigenvalue weighted by molar-refractivity contribution is 5.79. The van der Waals surface area contributed by atoms with Gasteiger partial charge in [0.05, 0.1) is 12.6 Å². The van der Waals surface area contributed by atoms with Crippen LogP contribution < -0.4 is 5.32 Å². The molecule has 1 aliphatic heterocycles. The van der Waals surface area contributed by atoms with E-state index in [1.54, 1.807) is 0 Å². The van der Waals surface area contributed by atoms with Crippen molar-refractivity contribution in [2.45, 2.75) is 58.0 Å². The summed E-state index contributed by atoms with van der Waals surface area (Å²) in [5, 5.41) is 3.00. The number of likely N-dealkylation sites (tertiary alicyclic amines) is 1. The van der Waals surface area contributed by atoms with Gasteiger partial charge in [-0.05, 0) is 39.7 Å². The number of amides is 1. The molecule has 17 heavy (non-hydrogen) atoms. The Morgan fingerprint density at radius 3 is 2.76 bits per heavy atom. The molecule has 0 spiro atoms. The Bertz CT molecular complexity index is 277. The van der Waals surface area contributed by atoms with Gasteiger partial charge in [0.1, 0.15) is 6.29 Å². The highest BCUT2D eigenvalue weighted by Crippen LogP contribution is 2.15. The summed E-state index contributed by atoms with van der Waals surface area (Å²) in [6.45, 7) is 7.27. The van der Waals surface area contributed by atoms with Crippen molar-refractivity contribution in [3.8, 4) is 0 Å². The van der Waals surface area contributed by atoms with Crippen molar-refractivity contribution in [2.24, 2.45) is 0 Å². The lowest BCUT2D eigenvalue weighted by Gasteiger charge is -2.33. The van der Waals surface area contributed by atoms with E-state index in [9.17, 15) is 9.59 Å². The van der Waals surface area contributed by atoms with E-state index >= 15 is 0 Å². The Hall–Kier alpha value is -0.900. The Morgan fingerprint density at radius 2 is 2.18 bits per heavy atom. The SMILES string of the molecule is CCC(C)(C)NC(=O)CN1CCCCC1C=O. The highest BCUT2D eigenvalue weighted by Gasteiger charge is 2.25. The van der Waals surface area contributed by atoms with Crippen molar-refractivity contribution in [3.05, 3.63) is 0 Å². The van der Waals surface area contributed by atoms with Gasteiger partial charge >= 0.3 is 0 Å². The molecule has 1 saturated heterocycles. The lowest BCUT2D eigenvalue weighted by Crippen LogP contribution is -2.50. The molecule has 0 aromatic heterocycles. The van der Waals surface area contributed by atoms with Crippen molar-refractivity contribution < 1.29 is 9.59 Å². The second kappa shape index (κ2) is 6.15. The van der Waals surface area contributed by atoms with Gasteiger partial charge in [0.2, 0.25) is 5.91 Å². The molecule has 0 aromatic rings. The summed E-state index contributed by atoms with van der Waals surface area (Å²) in [5.74, 6) is 0.0191. The lowest BCUT2D eigenvalue weighted by molar-refractivity contribution is -0.125. The Balaban J connectivity index is 2.46. The minimum atomic E-state index is -0.163. The molecule has 1 rings (SSSR count). The van der Waals surface area contributed by atoms with Gasteiger partial charge in [0.15, 0.2) is 0 Å². The minimum Gasteiger partial charge on any atom is -0.350 e. The summed E-state index contributed by atoms with van der Waals surface area (Å²) < 4.78 is 0. The molecule has 4 heteroatoms. The first kappa shape index (κ1) is 14.2. The van der Waals surface area contributed by atoms with Crippen molar-refractivity contribution in [3.63, 3.8) is 0 Å². The lowest BCUT2D eigenvalue weighted by atomic mass is 10.0. The molecule has 0 aliphatic carbocycles. The van der Waals surface area contributed by atoms with Crippen LogP contribution in [0.2, 0.25) is 0 Å². The number of hydrogen-bond acceptors (Lipinski definition) is 3. The number of aldehydes is 1. The standard InChI is InChI=1S/C13H24N2O2/c1-4-13(2,3)14-12(17)9-15-8-6-5-7-11(15)10-16/h10-11H,4-9H2,1-3H3,(H,14,17). The normalized spacial score (nSPS) is 22.2. The molecular weight excluding hydrogens is 216 g/mol. The van der Waals surface area contributed by atoms with Gasteiger partial charge < -0.3 is 10.1 Å². The largest absolute Gasteiger partial charge is 0.350 e. The maximum Gasteiger partial charge on any atom is 0.234 e. The number of nitrogens with zero attached hydrogens (tertiary/aromatic N) is 1. The van der Waals surface area contributed by atoms with Crippen LogP contribution in [0.15, 0.2) is 0 Å². The van der Waals surface area contributed by atoms with Gasteiger partial charge in [-0.15, -0.1) is 0 Å². The van der Waals surface area contributed by atoms with E-state index in [2.05, 4.69) is 12.2 Å². The van der Waals surface area contributed by atoms with Gasteiger partial charge in [-0.1, -0.05) is 13.3 Å². The van der Waals surface area contributed by atoms with Crippen molar-refractivity contribution in [1.29, 1.82) is 0 Å². The van der Waals surface area contributed by atoms with Crippen molar-refractivity contribution in [1.82, 2.24) is 10.2 Å². The molecule has 0 saturated carbocycles. The number of carbonyl (C=O) groups is 2. The van der Waals surface area contributed by atoms with Crippen LogP contribution >= 0.6 is 0 Å². The van der Waals surface area contributed by atoms with Gasteiger partial charge in [0, 0.05) is 5.54 Å². The van der Waals surface area contributed by atoms with E-state index in [1.165, 1.54) is 0 Å². The second-order valence-electron chi connectivity index (χ2n) is 5.46. The summed E-state index contributed by atoms with van der Waals surface area (Å²) in [5.41, 5.74) is -0.163. The number of rotatable bonds is 5. The van der Waals surface area contributed by atoms with Crippen LogP contribution in [0.4, 0.5) is 0 Å². The third-order valence-electron chi connectivity index (χ3n) is 3.53. The zero-order valence-corrected chi connectivity index (χ0v) is 11.2. The first-order valence-corrected chi connectivity index (χ1v) is 6.49. The smallest absolute Gasteiger partial charge is 0.234 e. The minimum absolute atomic E-state index is 0.0191. The number of hydrogen-bond donors (Lipinski definition) is 1. The maximum atomic E-state index is 11.9. The molecular formula is C13H24N2O2. The molecule has 1 atom stereocenters. The average molecular weight is 240 g/mol. The molecule has 0 aromatic carbocycles. The van der Waals surface area contributed by atoms with Crippen molar-refractivity contribution >= 4 is 12.2 Å². The van der Waals surface area contributed by atoms with Crippen LogP contribution in [0.3, 0.4) is 0 Å². The van der Waals surface area contributed by atoms with Crippen LogP contribution in [0.5, 0.6) is 0 Å². The van der Waals surface area contributed by atoms with E-state index in [-0.39, 0.29) is 17.5 Å². The molecule has 1 fully saturated rings. The summed E-state index contributed by atoms with van der Waals surface area (Å²) in [6.07, 6.45) is 4.91. The molecule has 1 unspecified atom stereocenters. The second-order valence-corrected chi connectivity index (χ2v) is 5.46. The third kappa shape index (κ3) is 4.46. The molecule has 98 valence electrons. The average Bonchev–Trinajstić information content (AvgIpc) is 2.29. The van der Waals surface area contributed by atoms with E-state index in [0.29, 0.717) is 6.54 Å². The van der Waals surface area contributed by atoms with Crippen LogP contribution in [0.1, 0.15) is 46.5 Å². The molecule has 1 amide bonds. The first-order chi connectivity index (χ1) is 7.98. The van der Waals surface area contributed by atoms with Gasteiger partial charge in [-0.2, -0.15) is 0 Å². The summed E-state index contributed by atoms with van der Waals surface area (Å²) >= 11 is 0. The fourth-order valence-electron chi connectivity index (χ4n) is 2.06. The molecule has 1 N–H and O–H groups in total. The molecule has 0 bridgehead atoms. The summed E-state index contributed by atoms with van der Waals surface area (Å²) in [7, 11) is 0. The summed E-state index contributed by atoms with van der Waals surface area (Å²) in [6, 6.07) is -0.0701. The maximum absolute atomic E-state index is 11.9. The molecule has 1 aliphatic rings.